The van der Waals surface area contributed by atoms with Crippen LogP contribution in [0.2, 0.25) is 0 Å². The molecule has 0 bridgehead atoms. The minimum absolute atomic E-state index is 0.0470. The van der Waals surface area contributed by atoms with Crippen LogP contribution in [0.3, 0.4) is 0 Å². The van der Waals surface area contributed by atoms with Gasteiger partial charge < -0.3 is 29.2 Å². The molecule has 28 heavy (non-hydrogen) atoms. The average Bonchev–Trinajstić information content (AvgIpc) is 2.69. The fourth-order valence-electron chi connectivity index (χ4n) is 2.16. The predicted molar refractivity (Wildman–Crippen MR) is 98.4 cm³/mol. The molecular formula is C20H22O8. The highest BCUT2D eigenvalue weighted by Gasteiger charge is 2.12. The van der Waals surface area contributed by atoms with Crippen LogP contribution in [0, 0.1) is 0 Å². The van der Waals surface area contributed by atoms with E-state index in [9.17, 15) is 19.8 Å². The predicted octanol–water partition coefficient (Wildman–Crippen LogP) is 2.14. The quantitative estimate of drug-likeness (QED) is 0.443. The Balaban J connectivity index is 1.47. The van der Waals surface area contributed by atoms with Crippen LogP contribution in [0.5, 0.6) is 11.5 Å². The zero-order valence-corrected chi connectivity index (χ0v) is 15.2. The summed E-state index contributed by atoms with van der Waals surface area (Å²) in [7, 11) is 0. The second-order valence-electron chi connectivity index (χ2n) is 5.53. The number of hydrogen-bond donors (Lipinski definition) is 2. The molecule has 0 heterocycles. The van der Waals surface area contributed by atoms with Crippen molar-refractivity contribution in [2.24, 2.45) is 0 Å². The SMILES string of the molecule is O=C(OCCOCCOCCOC(=O)c1ccccc1O)c1ccccc1O. The maximum atomic E-state index is 11.7. The molecule has 0 unspecified atom stereocenters. The second kappa shape index (κ2) is 11.6. The number of rotatable bonds is 11. The fraction of sp³-hybridized carbons (Fsp3) is 0.300. The first-order valence-corrected chi connectivity index (χ1v) is 8.65. The first kappa shape index (κ1) is 21.2. The number of hydrogen-bond acceptors (Lipinski definition) is 8. The number of benzene rings is 2. The summed E-state index contributed by atoms with van der Waals surface area (Å²) in [5.74, 6) is -1.51. The molecule has 0 amide bonds. The van der Waals surface area contributed by atoms with E-state index in [4.69, 9.17) is 18.9 Å². The highest BCUT2D eigenvalue weighted by Crippen LogP contribution is 2.17. The summed E-state index contributed by atoms with van der Waals surface area (Å²) in [6.07, 6.45) is 0. The van der Waals surface area contributed by atoms with Crippen LogP contribution in [0.25, 0.3) is 0 Å². The van der Waals surface area contributed by atoms with Crippen molar-refractivity contribution in [3.05, 3.63) is 59.7 Å². The highest BCUT2D eigenvalue weighted by atomic mass is 16.6. The van der Waals surface area contributed by atoms with Gasteiger partial charge in [-0.15, -0.1) is 0 Å². The molecule has 0 aliphatic heterocycles. The van der Waals surface area contributed by atoms with Crippen LogP contribution >= 0.6 is 0 Å². The normalized spacial score (nSPS) is 10.4. The monoisotopic (exact) mass is 390 g/mol. The van der Waals surface area contributed by atoms with Crippen LogP contribution in [0.1, 0.15) is 20.7 Å². The summed E-state index contributed by atoms with van der Waals surface area (Å²) < 4.78 is 20.5. The number of ether oxygens (including phenoxy) is 4. The van der Waals surface area contributed by atoms with Crippen molar-refractivity contribution in [2.75, 3.05) is 39.6 Å². The molecule has 0 fully saturated rings. The van der Waals surface area contributed by atoms with E-state index >= 15 is 0 Å². The molecule has 8 heteroatoms. The molecular weight excluding hydrogens is 368 g/mol. The summed E-state index contributed by atoms with van der Waals surface area (Å²) in [5, 5.41) is 19.1. The Morgan fingerprint density at radius 2 is 0.964 bits per heavy atom. The standard InChI is InChI=1S/C20H22O8/c21-17-7-3-1-5-15(17)19(23)27-13-11-25-9-10-26-12-14-28-20(24)16-6-2-4-8-18(16)22/h1-8,21-22H,9-14H2. The van der Waals surface area contributed by atoms with E-state index in [2.05, 4.69) is 0 Å². The number of esters is 2. The van der Waals surface area contributed by atoms with E-state index in [0.717, 1.165) is 0 Å². The van der Waals surface area contributed by atoms with Gasteiger partial charge in [0.05, 0.1) is 26.4 Å². The maximum Gasteiger partial charge on any atom is 0.341 e. The van der Waals surface area contributed by atoms with Crippen molar-refractivity contribution in [1.29, 1.82) is 0 Å². The molecule has 0 radical (unpaired) electrons. The van der Waals surface area contributed by atoms with Crippen LogP contribution in [0.15, 0.2) is 48.5 Å². The van der Waals surface area contributed by atoms with Gasteiger partial charge in [-0.2, -0.15) is 0 Å². The van der Waals surface area contributed by atoms with Gasteiger partial charge in [0.15, 0.2) is 0 Å². The van der Waals surface area contributed by atoms with Gasteiger partial charge in [-0.05, 0) is 24.3 Å². The number of carbonyl (C=O) groups is 2. The molecule has 150 valence electrons. The third-order valence-electron chi connectivity index (χ3n) is 3.54. The molecule has 0 spiro atoms. The topological polar surface area (TPSA) is 112 Å². The van der Waals surface area contributed by atoms with E-state index in [1.807, 2.05) is 0 Å². The largest absolute Gasteiger partial charge is 0.507 e. The summed E-state index contributed by atoms with van der Waals surface area (Å²) in [6, 6.07) is 12.2. The van der Waals surface area contributed by atoms with Gasteiger partial charge in [-0.1, -0.05) is 24.3 Å². The highest BCUT2D eigenvalue weighted by molar-refractivity contribution is 5.92. The molecule has 0 aromatic heterocycles. The van der Waals surface area contributed by atoms with E-state index in [1.54, 1.807) is 24.3 Å². The Morgan fingerprint density at radius 1 is 0.607 bits per heavy atom. The Morgan fingerprint density at radius 3 is 1.36 bits per heavy atom. The van der Waals surface area contributed by atoms with Crippen LogP contribution in [-0.2, 0) is 18.9 Å². The first-order valence-electron chi connectivity index (χ1n) is 8.65. The Kier molecular flexibility index (Phi) is 8.77. The second-order valence-corrected chi connectivity index (χ2v) is 5.53. The minimum Gasteiger partial charge on any atom is -0.507 e. The van der Waals surface area contributed by atoms with Gasteiger partial charge in [0.2, 0.25) is 0 Å². The van der Waals surface area contributed by atoms with Gasteiger partial charge in [0, 0.05) is 0 Å². The van der Waals surface area contributed by atoms with Gasteiger partial charge in [-0.25, -0.2) is 9.59 Å². The maximum absolute atomic E-state index is 11.7. The number of phenolic OH excluding ortho intramolecular Hbond substituents is 2. The molecule has 8 nitrogen and oxygen atoms in total. The molecule has 2 N–H and O–H groups in total. The number of carbonyl (C=O) groups excluding carboxylic acids is 2. The molecule has 2 aromatic rings. The molecule has 0 aliphatic rings. The van der Waals surface area contributed by atoms with Crippen LogP contribution in [0.4, 0.5) is 0 Å². The third-order valence-corrected chi connectivity index (χ3v) is 3.54. The molecule has 2 aromatic carbocycles. The van der Waals surface area contributed by atoms with Crippen molar-refractivity contribution >= 4 is 11.9 Å². The van der Waals surface area contributed by atoms with E-state index in [1.165, 1.54) is 24.3 Å². The lowest BCUT2D eigenvalue weighted by Gasteiger charge is -2.08. The molecule has 0 aliphatic carbocycles. The lowest BCUT2D eigenvalue weighted by atomic mass is 10.2. The zero-order valence-electron chi connectivity index (χ0n) is 15.2. The lowest BCUT2D eigenvalue weighted by molar-refractivity contribution is 0.00214. The minimum atomic E-state index is -0.621. The van der Waals surface area contributed by atoms with E-state index in [0.29, 0.717) is 0 Å². The Hall–Kier alpha value is -3.10. The van der Waals surface area contributed by atoms with Crippen molar-refractivity contribution in [2.45, 2.75) is 0 Å². The summed E-state index contributed by atoms with van der Waals surface area (Å²) in [4.78, 5) is 23.5. The van der Waals surface area contributed by atoms with Crippen molar-refractivity contribution < 1.29 is 38.7 Å². The van der Waals surface area contributed by atoms with Gasteiger partial charge >= 0.3 is 11.9 Å². The third kappa shape index (κ3) is 6.90. The molecule has 0 atom stereocenters. The molecule has 0 saturated heterocycles. The van der Waals surface area contributed by atoms with Crippen LogP contribution < -0.4 is 0 Å². The van der Waals surface area contributed by atoms with Gasteiger partial charge in [-0.3, -0.25) is 0 Å². The number of aromatic hydroxyl groups is 2. The van der Waals surface area contributed by atoms with E-state index < -0.39 is 11.9 Å². The molecule has 2 rings (SSSR count). The zero-order chi connectivity index (χ0) is 20.2. The molecule has 0 saturated carbocycles. The van der Waals surface area contributed by atoms with Crippen molar-refractivity contribution in [3.8, 4) is 11.5 Å². The number of para-hydroxylation sites is 2. The number of phenols is 2. The smallest absolute Gasteiger partial charge is 0.341 e. The summed E-state index contributed by atoms with van der Waals surface area (Å²) in [5.41, 5.74) is 0.202. The fourth-order valence-corrected chi connectivity index (χ4v) is 2.16. The van der Waals surface area contributed by atoms with Crippen molar-refractivity contribution in [3.63, 3.8) is 0 Å². The Labute approximate surface area is 162 Å². The summed E-state index contributed by atoms with van der Waals surface area (Å²) in [6.45, 7) is 1.02. The lowest BCUT2D eigenvalue weighted by Crippen LogP contribution is -2.15. The van der Waals surface area contributed by atoms with Crippen LogP contribution in [-0.4, -0.2) is 61.8 Å². The Bertz CT molecular complexity index is 709. The van der Waals surface area contributed by atoms with Gasteiger partial charge in [0.25, 0.3) is 0 Å². The van der Waals surface area contributed by atoms with E-state index in [-0.39, 0.29) is 62.3 Å². The van der Waals surface area contributed by atoms with Crippen molar-refractivity contribution in [1.82, 2.24) is 0 Å². The summed E-state index contributed by atoms with van der Waals surface area (Å²) >= 11 is 0. The average molecular weight is 390 g/mol. The first-order chi connectivity index (χ1) is 13.6. The van der Waals surface area contributed by atoms with Gasteiger partial charge in [0.1, 0.15) is 35.8 Å².